The molecular weight excluding hydrogens is 373 g/mol. The lowest BCUT2D eigenvalue weighted by Crippen LogP contribution is -2.15. The summed E-state index contributed by atoms with van der Waals surface area (Å²) in [5.41, 5.74) is 0.772. The van der Waals surface area contributed by atoms with Crippen LogP contribution in [0.25, 0.3) is 0 Å². The van der Waals surface area contributed by atoms with E-state index in [0.29, 0.717) is 12.8 Å². The summed E-state index contributed by atoms with van der Waals surface area (Å²) < 4.78 is -3.48. The molecule has 107 valence electrons. The Morgan fingerprint density at radius 3 is 1.74 bits per heavy atom. The summed E-state index contributed by atoms with van der Waals surface area (Å²) in [5.74, 6) is 0. The van der Waals surface area contributed by atoms with E-state index in [2.05, 4.69) is 0 Å². The summed E-state index contributed by atoms with van der Waals surface area (Å²) in [5, 5.41) is 12.3. The Morgan fingerprint density at radius 1 is 1.00 bits per heavy atom. The molecule has 0 fully saturated rings. The molecule has 19 heavy (non-hydrogen) atoms. The first kappa shape index (κ1) is 18.0. The Labute approximate surface area is 142 Å². The number of halogens is 6. The number of alkyl halides is 6. The summed E-state index contributed by atoms with van der Waals surface area (Å²) in [4.78, 5) is 0. The molecule has 7 heteroatoms. The normalized spacial score (nSPS) is 14.5. The Bertz CT molecular complexity index is 403. The quantitative estimate of drug-likeness (QED) is 0.523. The van der Waals surface area contributed by atoms with E-state index < -0.39 is 13.7 Å². The topological polar surface area (TPSA) is 19.9 Å². The fourth-order valence-electron chi connectivity index (χ4n) is 1.81. The molecule has 0 aliphatic carbocycles. The molecule has 1 rings (SSSR count). The molecule has 1 nitrogen and oxygen atoms in total. The smallest absolute Gasteiger partial charge is 0.216 e. The minimum Gasteiger partial charge on any atom is -0.228 e. The van der Waals surface area contributed by atoms with Crippen molar-refractivity contribution < 1.29 is 5.11 Å². The van der Waals surface area contributed by atoms with Gasteiger partial charge in [0.15, 0.2) is 0 Å². The maximum atomic E-state index is 12.3. The van der Waals surface area contributed by atoms with Crippen molar-refractivity contribution in [2.75, 3.05) is 0 Å². The fourth-order valence-corrected chi connectivity index (χ4v) is 2.80. The zero-order chi connectivity index (χ0) is 14.8. The molecule has 0 amide bonds. The van der Waals surface area contributed by atoms with Crippen LogP contribution in [-0.2, 0) is 12.7 Å². The Kier molecular flexibility index (Phi) is 6.42. The minimum absolute atomic E-state index is 0.254. The molecule has 1 aromatic rings. The third-order valence-electron chi connectivity index (χ3n) is 2.59. The maximum Gasteiger partial charge on any atom is 0.216 e. The molecule has 1 atom stereocenters. The molecular formula is C12H11Cl6O. The summed E-state index contributed by atoms with van der Waals surface area (Å²) in [6.07, 6.45) is -0.0601. The number of benzene rings is 1. The van der Waals surface area contributed by atoms with Gasteiger partial charge in [0.1, 0.15) is 6.10 Å². The van der Waals surface area contributed by atoms with E-state index in [1.54, 1.807) is 18.2 Å². The third kappa shape index (κ3) is 4.71. The van der Waals surface area contributed by atoms with Gasteiger partial charge in [-0.25, -0.2) is 5.11 Å². The van der Waals surface area contributed by atoms with Crippen LogP contribution in [0.1, 0.15) is 42.6 Å². The fraction of sp³-hybridized carbons (Fsp3) is 0.500. The van der Waals surface area contributed by atoms with Gasteiger partial charge in [-0.15, -0.1) is 0 Å². The molecule has 1 radical (unpaired) electrons. The summed E-state index contributed by atoms with van der Waals surface area (Å²) >= 11 is 35.4. The highest BCUT2D eigenvalue weighted by molar-refractivity contribution is 6.67. The van der Waals surface area contributed by atoms with Crippen LogP contribution >= 0.6 is 69.6 Å². The molecule has 0 aliphatic heterocycles. The summed E-state index contributed by atoms with van der Waals surface area (Å²) in [7, 11) is 0. The summed E-state index contributed by atoms with van der Waals surface area (Å²) in [6.45, 7) is 1.89. The first-order valence-corrected chi connectivity index (χ1v) is 7.79. The molecule has 0 saturated carbocycles. The van der Waals surface area contributed by atoms with Gasteiger partial charge < -0.3 is 0 Å². The first-order valence-electron chi connectivity index (χ1n) is 5.52. The lowest BCUT2D eigenvalue weighted by atomic mass is 9.95. The molecule has 0 aromatic heterocycles. The largest absolute Gasteiger partial charge is 0.228 e. The van der Waals surface area contributed by atoms with Gasteiger partial charge >= 0.3 is 0 Å². The van der Waals surface area contributed by atoms with Crippen molar-refractivity contribution >= 4 is 69.6 Å². The van der Waals surface area contributed by atoms with Crippen LogP contribution in [0, 0.1) is 0 Å². The second-order valence-corrected chi connectivity index (χ2v) is 8.60. The van der Waals surface area contributed by atoms with Crippen LogP contribution in [0.3, 0.4) is 0 Å². The standard InChI is InChI=1S/C12H11Cl6O/c1-2-4-9(19)10-7(11(13,14)15)5-3-6-8(10)12(16,17)18/h3,5-6,9H,2,4H2,1H3. The highest BCUT2D eigenvalue weighted by Crippen LogP contribution is 2.48. The highest BCUT2D eigenvalue weighted by atomic mass is 35.6. The lowest BCUT2D eigenvalue weighted by Gasteiger charge is -2.25. The van der Waals surface area contributed by atoms with Crippen molar-refractivity contribution in [2.24, 2.45) is 0 Å². The molecule has 0 spiro atoms. The minimum atomic E-state index is -1.74. The van der Waals surface area contributed by atoms with Gasteiger partial charge in [-0.1, -0.05) is 101 Å². The Balaban J connectivity index is 3.50. The number of rotatable bonds is 3. The number of hydrogen-bond donors (Lipinski definition) is 0. The van der Waals surface area contributed by atoms with Gasteiger partial charge in [0.05, 0.1) is 0 Å². The average Bonchev–Trinajstić information content (AvgIpc) is 2.26. The second-order valence-electron chi connectivity index (χ2n) is 4.04. The van der Waals surface area contributed by atoms with E-state index in [-0.39, 0.29) is 16.7 Å². The van der Waals surface area contributed by atoms with Gasteiger partial charge in [-0.05, 0) is 12.0 Å². The van der Waals surface area contributed by atoms with Crippen molar-refractivity contribution in [2.45, 2.75) is 33.5 Å². The molecule has 0 aliphatic rings. The Hall–Kier alpha value is 0.920. The molecule has 0 saturated heterocycles. The van der Waals surface area contributed by atoms with Crippen LogP contribution in [0.2, 0.25) is 0 Å². The van der Waals surface area contributed by atoms with E-state index in [4.69, 9.17) is 69.6 Å². The van der Waals surface area contributed by atoms with Crippen molar-refractivity contribution in [1.82, 2.24) is 0 Å². The zero-order valence-electron chi connectivity index (χ0n) is 9.90. The van der Waals surface area contributed by atoms with E-state index in [1.807, 2.05) is 6.92 Å². The van der Waals surface area contributed by atoms with Crippen LogP contribution in [0.15, 0.2) is 18.2 Å². The summed E-state index contributed by atoms with van der Waals surface area (Å²) in [6, 6.07) is 4.71. The third-order valence-corrected chi connectivity index (χ3v) is 3.81. The van der Waals surface area contributed by atoms with Crippen molar-refractivity contribution in [3.8, 4) is 0 Å². The predicted octanol–water partition coefficient (Wildman–Crippen LogP) is 6.61. The van der Waals surface area contributed by atoms with E-state index in [0.717, 1.165) is 0 Å². The molecule has 1 unspecified atom stereocenters. The Morgan fingerprint density at radius 2 is 1.42 bits per heavy atom. The highest BCUT2D eigenvalue weighted by Gasteiger charge is 2.35. The molecule has 0 N–H and O–H groups in total. The van der Waals surface area contributed by atoms with E-state index >= 15 is 0 Å². The first-order chi connectivity index (χ1) is 8.59. The SMILES string of the molecule is CCCC([O])c1c(C(Cl)(Cl)Cl)cccc1C(Cl)(Cl)Cl. The van der Waals surface area contributed by atoms with Crippen LogP contribution < -0.4 is 0 Å². The van der Waals surface area contributed by atoms with Gasteiger partial charge in [0, 0.05) is 11.1 Å². The monoisotopic (exact) mass is 381 g/mol. The van der Waals surface area contributed by atoms with Crippen LogP contribution in [0.5, 0.6) is 0 Å². The van der Waals surface area contributed by atoms with Crippen molar-refractivity contribution in [3.05, 3.63) is 34.9 Å². The van der Waals surface area contributed by atoms with E-state index in [9.17, 15) is 5.11 Å². The number of hydrogen-bond acceptors (Lipinski definition) is 0. The van der Waals surface area contributed by atoms with Gasteiger partial charge in [-0.3, -0.25) is 0 Å². The van der Waals surface area contributed by atoms with Gasteiger partial charge in [-0.2, -0.15) is 0 Å². The molecule has 0 heterocycles. The second kappa shape index (κ2) is 6.79. The molecule has 0 bridgehead atoms. The zero-order valence-corrected chi connectivity index (χ0v) is 14.4. The lowest BCUT2D eigenvalue weighted by molar-refractivity contribution is 0.0790. The predicted molar refractivity (Wildman–Crippen MR) is 83.3 cm³/mol. The van der Waals surface area contributed by atoms with Crippen molar-refractivity contribution in [1.29, 1.82) is 0 Å². The average molecular weight is 384 g/mol. The van der Waals surface area contributed by atoms with Gasteiger partial charge in [0.2, 0.25) is 7.59 Å². The molecule has 1 aromatic carbocycles. The van der Waals surface area contributed by atoms with Crippen LogP contribution in [0.4, 0.5) is 0 Å². The van der Waals surface area contributed by atoms with E-state index in [1.165, 1.54) is 0 Å². The van der Waals surface area contributed by atoms with Gasteiger partial charge in [0.25, 0.3) is 0 Å². The van der Waals surface area contributed by atoms with Crippen LogP contribution in [-0.4, -0.2) is 0 Å². The van der Waals surface area contributed by atoms with Crippen molar-refractivity contribution in [3.63, 3.8) is 0 Å². The maximum absolute atomic E-state index is 12.3.